The molecule has 3 heterocycles. The van der Waals surface area contributed by atoms with Crippen molar-refractivity contribution in [2.45, 2.75) is 32.3 Å². The van der Waals surface area contributed by atoms with Crippen molar-refractivity contribution in [3.63, 3.8) is 0 Å². The fourth-order valence-corrected chi connectivity index (χ4v) is 4.23. The number of rotatable bonds is 4. The summed E-state index contributed by atoms with van der Waals surface area (Å²) in [4.78, 5) is 43.0. The molecule has 1 aliphatic heterocycles. The third-order valence-corrected chi connectivity index (χ3v) is 6.15. The van der Waals surface area contributed by atoms with Gasteiger partial charge in [0.25, 0.3) is 0 Å². The second kappa shape index (κ2) is 8.73. The number of carbonyl (C=O) groups excluding carboxylic acids is 1. The van der Waals surface area contributed by atoms with Gasteiger partial charge in [-0.3, -0.25) is 0 Å². The summed E-state index contributed by atoms with van der Waals surface area (Å²) >= 11 is 0. The van der Waals surface area contributed by atoms with Crippen LogP contribution in [0.4, 0.5) is 0 Å². The Hall–Kier alpha value is -2.09. The van der Waals surface area contributed by atoms with Crippen molar-refractivity contribution in [3.05, 3.63) is 27.2 Å². The van der Waals surface area contributed by atoms with Crippen molar-refractivity contribution in [2.24, 2.45) is 0 Å². The molecule has 0 aromatic carbocycles. The fraction of sp³-hybridized carbons (Fsp3) is 0.571. The molecule has 1 saturated heterocycles. The Labute approximate surface area is 165 Å². The van der Waals surface area contributed by atoms with E-state index in [2.05, 4.69) is 15.0 Å². The van der Waals surface area contributed by atoms with E-state index in [4.69, 9.17) is 23.0 Å². The summed E-state index contributed by atoms with van der Waals surface area (Å²) in [6.07, 6.45) is -1.49. The molecule has 1 aliphatic rings. The first-order chi connectivity index (χ1) is 13.7. The van der Waals surface area contributed by atoms with Crippen molar-refractivity contribution < 1.29 is 32.9 Å². The number of aliphatic hydroxyl groups excluding tert-OH is 1. The quantitative estimate of drug-likeness (QED) is 0.219. The zero-order chi connectivity index (χ0) is 21.2. The molecule has 0 unspecified atom stereocenters. The minimum atomic E-state index is -3.24. The molecular weight excluding hydrogens is 410 g/mol. The van der Waals surface area contributed by atoms with Crippen LogP contribution in [0.2, 0.25) is 0 Å². The molecule has 0 radical (unpaired) electrons. The number of ether oxygens (including phenoxy) is 2. The Kier molecular flexibility index (Phi) is 6.51. The van der Waals surface area contributed by atoms with Crippen LogP contribution in [0.1, 0.15) is 20.1 Å². The molecule has 0 aliphatic carbocycles. The van der Waals surface area contributed by atoms with Crippen LogP contribution in [-0.2, 0) is 27.8 Å². The molecule has 2 aromatic heterocycles. The van der Waals surface area contributed by atoms with Crippen LogP contribution in [0.25, 0.3) is 11.2 Å². The molecule has 3 atom stereocenters. The number of nitrogens with one attached hydrogen (secondary N) is 2. The molecule has 3 rings (SSSR count). The van der Waals surface area contributed by atoms with Gasteiger partial charge >= 0.3 is 164 Å². The van der Waals surface area contributed by atoms with Crippen molar-refractivity contribution >= 4 is 32.5 Å². The number of aromatic amines is 2. The van der Waals surface area contributed by atoms with Crippen molar-refractivity contribution in [1.82, 2.24) is 19.5 Å². The van der Waals surface area contributed by atoms with E-state index >= 15 is 0 Å². The normalized spacial score (nSPS) is 26.2. The van der Waals surface area contributed by atoms with Gasteiger partial charge in [-0.2, -0.15) is 0 Å². The first-order valence-electron chi connectivity index (χ1n) is 8.76. The number of hydrogen-bond acceptors (Lipinski definition) is 10. The number of hydrogen-bond donors (Lipinski definition) is 3. The van der Waals surface area contributed by atoms with Gasteiger partial charge in [-0.1, -0.05) is 0 Å². The summed E-state index contributed by atoms with van der Waals surface area (Å²) in [5, 5.41) is 10.7. The minimum absolute atomic E-state index is 0.00554. The molecule has 13 nitrogen and oxygen atoms in total. The summed E-state index contributed by atoms with van der Waals surface area (Å²) in [5.41, 5.74) is -1.28. The molecule has 0 spiro atoms. The first-order valence-corrected chi connectivity index (χ1v) is 11.0. The summed E-state index contributed by atoms with van der Waals surface area (Å²) in [7, 11) is -1.65. The average Bonchev–Trinajstić information content (AvgIpc) is 3.07. The van der Waals surface area contributed by atoms with E-state index < -0.39 is 43.5 Å². The third kappa shape index (κ3) is 5.10. The van der Waals surface area contributed by atoms with Gasteiger partial charge in [0.05, 0.1) is 0 Å². The Bertz CT molecular complexity index is 993. The number of nitrogens with zero attached hydrogens (tertiary/aromatic N) is 2. The number of aliphatic hydroxyl groups is 1. The average molecular weight is 432 g/mol. The van der Waals surface area contributed by atoms with Crippen LogP contribution in [0.3, 0.4) is 0 Å². The standard InChI is InChI=1S/C14H22BN4O9P/c1-7-3-25-29(15,27-6-24-8(2)20)26-4-9(21)13(28-7)19-5-16-10-11(19)17-14(23)18-12(10)22/h5,7,9,13,21,29H,3-4,6,15H2,1-2H3,(H2,17,18,22,23)/t7-,9-,13+/m0/s1. The zero-order valence-corrected chi connectivity index (χ0v) is 17.0. The van der Waals surface area contributed by atoms with Gasteiger partial charge in [0.15, 0.2) is 0 Å². The molecule has 0 bridgehead atoms. The second-order valence-electron chi connectivity index (χ2n) is 6.54. The Morgan fingerprint density at radius 3 is 2.86 bits per heavy atom. The summed E-state index contributed by atoms with van der Waals surface area (Å²) < 4.78 is 28.8. The number of esters is 1. The van der Waals surface area contributed by atoms with Gasteiger partial charge in [0.1, 0.15) is 0 Å². The van der Waals surface area contributed by atoms with E-state index in [9.17, 15) is 19.5 Å². The number of imidazole rings is 1. The summed E-state index contributed by atoms with van der Waals surface area (Å²) in [6, 6.07) is 0. The third-order valence-electron chi connectivity index (χ3n) is 4.12. The number of carbonyl (C=O) groups is 1. The van der Waals surface area contributed by atoms with Gasteiger partial charge < -0.3 is 0 Å². The maximum atomic E-state index is 11.9. The maximum absolute atomic E-state index is 11.9. The van der Waals surface area contributed by atoms with Crippen LogP contribution in [0.15, 0.2) is 15.9 Å². The van der Waals surface area contributed by atoms with Crippen molar-refractivity contribution in [3.8, 4) is 0 Å². The molecule has 15 heteroatoms. The first kappa shape index (κ1) is 21.6. The van der Waals surface area contributed by atoms with Crippen LogP contribution < -0.4 is 11.2 Å². The van der Waals surface area contributed by atoms with Crippen LogP contribution in [-0.4, -0.2) is 70.4 Å². The Balaban J connectivity index is 1.85. The molecule has 160 valence electrons. The van der Waals surface area contributed by atoms with Gasteiger partial charge in [-0.15, -0.1) is 0 Å². The van der Waals surface area contributed by atoms with Crippen LogP contribution in [0.5, 0.6) is 0 Å². The van der Waals surface area contributed by atoms with Crippen molar-refractivity contribution in [2.75, 3.05) is 20.0 Å². The van der Waals surface area contributed by atoms with Crippen molar-refractivity contribution in [1.29, 1.82) is 0 Å². The molecule has 3 N–H and O–H groups in total. The van der Waals surface area contributed by atoms with Crippen LogP contribution >= 0.6 is 7.82 Å². The molecule has 29 heavy (non-hydrogen) atoms. The summed E-state index contributed by atoms with van der Waals surface area (Å²) in [6.45, 7) is 2.43. The summed E-state index contributed by atoms with van der Waals surface area (Å²) in [5.74, 6) is -0.515. The predicted molar refractivity (Wildman–Crippen MR) is 103 cm³/mol. The second-order valence-corrected chi connectivity index (χ2v) is 9.14. The fourth-order valence-electron chi connectivity index (χ4n) is 2.70. The SMILES string of the molecule is B[PH]1(OCOC(C)=O)OC[C@H](C)O[C@@H](n2cnc3c(=O)[nH]c(=O)[nH]c32)[C@@H](O)CO1. The molecule has 1 fully saturated rings. The van der Waals surface area contributed by atoms with Gasteiger partial charge in [0.2, 0.25) is 0 Å². The van der Waals surface area contributed by atoms with E-state index in [1.807, 2.05) is 0 Å². The number of aromatic nitrogens is 4. The molecule has 0 amide bonds. The van der Waals surface area contributed by atoms with Crippen LogP contribution in [0, 0.1) is 0 Å². The number of fused-ring (bicyclic) bond motifs is 1. The van der Waals surface area contributed by atoms with Gasteiger partial charge in [-0.05, 0) is 0 Å². The monoisotopic (exact) mass is 432 g/mol. The topological polar surface area (TPSA) is 167 Å². The molecular formula is C14H22BN4O9P. The molecule has 0 saturated carbocycles. The zero-order valence-electron chi connectivity index (χ0n) is 16.0. The Morgan fingerprint density at radius 1 is 1.41 bits per heavy atom. The van der Waals surface area contributed by atoms with E-state index in [0.29, 0.717) is 0 Å². The van der Waals surface area contributed by atoms with E-state index in [1.165, 1.54) is 17.8 Å². The molecule has 2 aromatic rings. The van der Waals surface area contributed by atoms with E-state index in [0.717, 1.165) is 0 Å². The number of H-pyrrole nitrogens is 2. The van der Waals surface area contributed by atoms with E-state index in [-0.39, 0.29) is 31.2 Å². The van der Waals surface area contributed by atoms with E-state index in [1.54, 1.807) is 14.5 Å². The predicted octanol–water partition coefficient (Wildman–Crippen LogP) is -1.70. The van der Waals surface area contributed by atoms with Gasteiger partial charge in [-0.25, -0.2) is 0 Å². The Morgan fingerprint density at radius 2 is 2.14 bits per heavy atom. The van der Waals surface area contributed by atoms with Gasteiger partial charge in [0, 0.05) is 0 Å².